The van der Waals surface area contributed by atoms with Gasteiger partial charge in [-0.25, -0.2) is 4.39 Å². The molecule has 2 unspecified atom stereocenters. The molecule has 2 rings (SSSR count). The van der Waals surface area contributed by atoms with E-state index in [-0.39, 0.29) is 5.92 Å². The molecule has 0 radical (unpaired) electrons. The first-order valence-corrected chi connectivity index (χ1v) is 6.14. The van der Waals surface area contributed by atoms with Gasteiger partial charge in [0, 0.05) is 11.0 Å². The Balaban J connectivity index is 1.98. The molecule has 1 N–H and O–H groups in total. The quantitative estimate of drug-likeness (QED) is 0.872. The van der Waals surface area contributed by atoms with E-state index in [0.717, 1.165) is 23.9 Å². The minimum Gasteiger partial charge on any atom is -0.314 e. The van der Waals surface area contributed by atoms with E-state index in [0.29, 0.717) is 6.54 Å². The molecule has 1 aliphatic rings. The zero-order chi connectivity index (χ0) is 10.7. The van der Waals surface area contributed by atoms with E-state index < -0.39 is 6.17 Å². The number of piperidine rings is 1. The Kier molecular flexibility index (Phi) is 3.76. The van der Waals surface area contributed by atoms with Gasteiger partial charge in [-0.1, -0.05) is 28.1 Å². The molecule has 15 heavy (non-hydrogen) atoms. The minimum absolute atomic E-state index is 0.187. The molecule has 2 atom stereocenters. The number of hydrogen-bond donors (Lipinski definition) is 1. The average molecular weight is 272 g/mol. The Hall–Kier alpha value is -0.410. The fourth-order valence-electron chi connectivity index (χ4n) is 2.03. The van der Waals surface area contributed by atoms with Gasteiger partial charge in [-0.2, -0.15) is 0 Å². The van der Waals surface area contributed by atoms with Gasteiger partial charge in [0.25, 0.3) is 0 Å². The maximum absolute atomic E-state index is 13.5. The maximum Gasteiger partial charge on any atom is 0.116 e. The zero-order valence-corrected chi connectivity index (χ0v) is 10.1. The third kappa shape index (κ3) is 3.02. The summed E-state index contributed by atoms with van der Waals surface area (Å²) >= 11 is 3.40. The number of halogens is 2. The highest BCUT2D eigenvalue weighted by Gasteiger charge is 2.24. The van der Waals surface area contributed by atoms with Crippen molar-refractivity contribution < 1.29 is 4.39 Å². The molecule has 1 aromatic carbocycles. The van der Waals surface area contributed by atoms with Crippen LogP contribution in [0.4, 0.5) is 4.39 Å². The number of benzene rings is 1. The Morgan fingerprint density at radius 3 is 2.73 bits per heavy atom. The van der Waals surface area contributed by atoms with Gasteiger partial charge in [0.05, 0.1) is 0 Å². The summed E-state index contributed by atoms with van der Waals surface area (Å²) in [6.07, 6.45) is 1.11. The number of rotatable bonds is 2. The summed E-state index contributed by atoms with van der Waals surface area (Å²) in [6.45, 7) is 1.46. The van der Waals surface area contributed by atoms with Crippen molar-refractivity contribution >= 4 is 15.9 Å². The molecular formula is C12H15BrFN. The largest absolute Gasteiger partial charge is 0.314 e. The van der Waals surface area contributed by atoms with Crippen LogP contribution in [0, 0.1) is 5.92 Å². The molecule has 1 heterocycles. The zero-order valence-electron chi connectivity index (χ0n) is 8.55. The van der Waals surface area contributed by atoms with Crippen molar-refractivity contribution in [2.45, 2.75) is 19.0 Å². The van der Waals surface area contributed by atoms with Crippen molar-refractivity contribution in [1.29, 1.82) is 0 Å². The van der Waals surface area contributed by atoms with Gasteiger partial charge >= 0.3 is 0 Å². The first-order valence-electron chi connectivity index (χ1n) is 5.35. The maximum atomic E-state index is 13.5. The normalized spacial score (nSPS) is 26.5. The fraction of sp³-hybridized carbons (Fsp3) is 0.500. The summed E-state index contributed by atoms with van der Waals surface area (Å²) in [5.74, 6) is 0.187. The summed E-state index contributed by atoms with van der Waals surface area (Å²) in [7, 11) is 0. The van der Waals surface area contributed by atoms with Crippen molar-refractivity contribution in [3.63, 3.8) is 0 Å². The number of nitrogens with one attached hydrogen (secondary N) is 1. The van der Waals surface area contributed by atoms with Gasteiger partial charge in [-0.15, -0.1) is 0 Å². The van der Waals surface area contributed by atoms with Gasteiger partial charge < -0.3 is 5.32 Å². The summed E-state index contributed by atoms with van der Waals surface area (Å²) in [4.78, 5) is 0. The molecule has 1 nitrogen and oxygen atoms in total. The Bertz CT molecular complexity index is 312. The number of alkyl halides is 1. The van der Waals surface area contributed by atoms with Crippen LogP contribution in [0.1, 0.15) is 12.0 Å². The monoisotopic (exact) mass is 271 g/mol. The van der Waals surface area contributed by atoms with Gasteiger partial charge in [0.15, 0.2) is 0 Å². The van der Waals surface area contributed by atoms with E-state index >= 15 is 0 Å². The van der Waals surface area contributed by atoms with Crippen molar-refractivity contribution in [2.75, 3.05) is 13.1 Å². The molecule has 1 fully saturated rings. The first kappa shape index (κ1) is 11.1. The summed E-state index contributed by atoms with van der Waals surface area (Å²) in [6, 6.07) is 8.17. The second-order valence-corrected chi connectivity index (χ2v) is 5.02. The first-order chi connectivity index (χ1) is 7.25. The van der Waals surface area contributed by atoms with Crippen molar-refractivity contribution in [3.8, 4) is 0 Å². The predicted octanol–water partition coefficient (Wildman–Crippen LogP) is 2.94. The smallest absolute Gasteiger partial charge is 0.116 e. The highest BCUT2D eigenvalue weighted by molar-refractivity contribution is 9.10. The third-order valence-corrected chi connectivity index (χ3v) is 3.48. The molecule has 0 saturated carbocycles. The van der Waals surface area contributed by atoms with E-state index in [1.165, 1.54) is 5.56 Å². The highest BCUT2D eigenvalue weighted by Crippen LogP contribution is 2.21. The van der Waals surface area contributed by atoms with Crippen LogP contribution >= 0.6 is 15.9 Å². The van der Waals surface area contributed by atoms with Gasteiger partial charge in [-0.05, 0) is 43.0 Å². The summed E-state index contributed by atoms with van der Waals surface area (Å²) in [5, 5.41) is 3.08. The summed E-state index contributed by atoms with van der Waals surface area (Å²) in [5.41, 5.74) is 1.23. The van der Waals surface area contributed by atoms with Crippen LogP contribution in [0.5, 0.6) is 0 Å². The number of hydrogen-bond acceptors (Lipinski definition) is 1. The average Bonchev–Trinajstić information content (AvgIpc) is 2.25. The molecule has 0 aliphatic carbocycles. The van der Waals surface area contributed by atoms with E-state index in [9.17, 15) is 4.39 Å². The molecule has 1 aliphatic heterocycles. The lowest BCUT2D eigenvalue weighted by atomic mass is 9.89. The second kappa shape index (κ2) is 5.08. The van der Waals surface area contributed by atoms with Gasteiger partial charge in [-0.3, -0.25) is 0 Å². The molecule has 1 aromatic rings. The molecule has 82 valence electrons. The second-order valence-electron chi connectivity index (χ2n) is 4.10. The molecule has 3 heteroatoms. The van der Waals surface area contributed by atoms with Crippen LogP contribution < -0.4 is 5.32 Å². The van der Waals surface area contributed by atoms with Crippen molar-refractivity contribution in [3.05, 3.63) is 34.3 Å². The van der Waals surface area contributed by atoms with E-state index in [4.69, 9.17) is 0 Å². The van der Waals surface area contributed by atoms with Crippen LogP contribution in [-0.4, -0.2) is 19.3 Å². The molecule has 0 aromatic heterocycles. The Morgan fingerprint density at radius 1 is 1.33 bits per heavy atom. The standard InChI is InChI=1S/C12H15BrFN/c13-11-3-1-9(2-4-11)7-10-5-6-15-8-12(10)14/h1-4,10,12,15H,5-8H2. The summed E-state index contributed by atoms with van der Waals surface area (Å²) < 4.78 is 14.6. The Labute approximate surface area is 98.2 Å². The highest BCUT2D eigenvalue weighted by atomic mass is 79.9. The molecule has 0 bridgehead atoms. The van der Waals surface area contributed by atoms with Crippen molar-refractivity contribution in [1.82, 2.24) is 5.32 Å². The van der Waals surface area contributed by atoms with Crippen LogP contribution in [0.2, 0.25) is 0 Å². The molecule has 0 amide bonds. The Morgan fingerprint density at radius 2 is 2.07 bits per heavy atom. The van der Waals surface area contributed by atoms with Crippen LogP contribution in [0.15, 0.2) is 28.7 Å². The van der Waals surface area contributed by atoms with Crippen molar-refractivity contribution in [2.24, 2.45) is 5.92 Å². The topological polar surface area (TPSA) is 12.0 Å². The molecule has 0 spiro atoms. The van der Waals surface area contributed by atoms with E-state index in [1.807, 2.05) is 12.1 Å². The van der Waals surface area contributed by atoms with E-state index in [1.54, 1.807) is 0 Å². The third-order valence-electron chi connectivity index (χ3n) is 2.95. The van der Waals surface area contributed by atoms with E-state index in [2.05, 4.69) is 33.4 Å². The van der Waals surface area contributed by atoms with Crippen LogP contribution in [0.3, 0.4) is 0 Å². The minimum atomic E-state index is -0.692. The fourth-order valence-corrected chi connectivity index (χ4v) is 2.29. The lowest BCUT2D eigenvalue weighted by Crippen LogP contribution is -2.38. The van der Waals surface area contributed by atoms with Gasteiger partial charge in [0.1, 0.15) is 6.17 Å². The van der Waals surface area contributed by atoms with Crippen LogP contribution in [-0.2, 0) is 6.42 Å². The predicted molar refractivity (Wildman–Crippen MR) is 63.7 cm³/mol. The molecule has 1 saturated heterocycles. The lowest BCUT2D eigenvalue weighted by Gasteiger charge is -2.26. The van der Waals surface area contributed by atoms with Gasteiger partial charge in [0.2, 0.25) is 0 Å². The molecular weight excluding hydrogens is 257 g/mol. The van der Waals surface area contributed by atoms with Crippen LogP contribution in [0.25, 0.3) is 0 Å². The lowest BCUT2D eigenvalue weighted by molar-refractivity contribution is 0.179. The SMILES string of the molecule is FC1CNCCC1Cc1ccc(Br)cc1.